The summed E-state index contributed by atoms with van der Waals surface area (Å²) in [6.07, 6.45) is 3.24. The minimum atomic E-state index is 0.136. The van der Waals surface area contributed by atoms with Gasteiger partial charge in [0.25, 0.3) is 0 Å². The van der Waals surface area contributed by atoms with E-state index in [1.807, 2.05) is 36.2 Å². The Labute approximate surface area is 147 Å². The van der Waals surface area contributed by atoms with Crippen LogP contribution in [0, 0.1) is 0 Å². The number of amides is 1. The first-order valence-corrected chi connectivity index (χ1v) is 9.72. The van der Waals surface area contributed by atoms with E-state index in [1.165, 1.54) is 0 Å². The van der Waals surface area contributed by atoms with Crippen molar-refractivity contribution in [2.24, 2.45) is 0 Å². The SMILES string of the molecule is CCCCSCC(=O)N1CCCN(C)c2nc3ccccc3nc21. The monoisotopic (exact) mass is 344 g/mol. The average Bonchev–Trinajstić information content (AvgIpc) is 2.76. The number of carbonyl (C=O) groups excluding carboxylic acids is 1. The number of anilines is 2. The van der Waals surface area contributed by atoms with Crippen LogP contribution < -0.4 is 9.80 Å². The third-order valence-electron chi connectivity index (χ3n) is 4.20. The molecule has 0 radical (unpaired) electrons. The molecule has 1 aromatic heterocycles. The molecule has 1 aliphatic rings. The largest absolute Gasteiger partial charge is 0.357 e. The summed E-state index contributed by atoms with van der Waals surface area (Å²) in [6.45, 7) is 3.76. The number of para-hydroxylation sites is 2. The lowest BCUT2D eigenvalue weighted by Gasteiger charge is -2.22. The van der Waals surface area contributed by atoms with E-state index < -0.39 is 0 Å². The second kappa shape index (κ2) is 7.83. The summed E-state index contributed by atoms with van der Waals surface area (Å²) in [6, 6.07) is 7.84. The highest BCUT2D eigenvalue weighted by molar-refractivity contribution is 7.99. The Morgan fingerprint density at radius 1 is 1.17 bits per heavy atom. The van der Waals surface area contributed by atoms with E-state index in [0.29, 0.717) is 18.1 Å². The van der Waals surface area contributed by atoms with Gasteiger partial charge in [0.05, 0.1) is 16.8 Å². The highest BCUT2D eigenvalue weighted by Crippen LogP contribution is 2.30. The molecule has 5 nitrogen and oxygen atoms in total. The molecule has 0 unspecified atom stereocenters. The first kappa shape index (κ1) is 17.0. The van der Waals surface area contributed by atoms with Gasteiger partial charge in [-0.3, -0.25) is 9.69 Å². The molecule has 0 N–H and O–H groups in total. The maximum Gasteiger partial charge on any atom is 0.238 e. The number of rotatable bonds is 5. The Bertz CT molecular complexity index is 721. The first-order valence-electron chi connectivity index (χ1n) is 8.56. The van der Waals surface area contributed by atoms with E-state index in [-0.39, 0.29) is 5.91 Å². The van der Waals surface area contributed by atoms with Crippen molar-refractivity contribution in [2.45, 2.75) is 26.2 Å². The maximum absolute atomic E-state index is 12.7. The summed E-state index contributed by atoms with van der Waals surface area (Å²) in [7, 11) is 2.02. The number of aromatic nitrogens is 2. The second-order valence-corrected chi connectivity index (χ2v) is 7.19. The molecule has 1 aromatic carbocycles. The number of nitrogens with zero attached hydrogens (tertiary/aromatic N) is 4. The Morgan fingerprint density at radius 3 is 2.58 bits per heavy atom. The predicted octanol–water partition coefficient (Wildman–Crippen LogP) is 3.34. The van der Waals surface area contributed by atoms with Crippen LogP contribution in [0.1, 0.15) is 26.2 Å². The van der Waals surface area contributed by atoms with Crippen molar-refractivity contribution in [3.63, 3.8) is 0 Å². The van der Waals surface area contributed by atoms with Crippen molar-refractivity contribution in [1.29, 1.82) is 0 Å². The second-order valence-electron chi connectivity index (χ2n) is 6.09. The van der Waals surface area contributed by atoms with Crippen molar-refractivity contribution in [2.75, 3.05) is 41.4 Å². The van der Waals surface area contributed by atoms with Gasteiger partial charge in [-0.25, -0.2) is 9.97 Å². The number of hydrogen-bond acceptors (Lipinski definition) is 5. The minimum Gasteiger partial charge on any atom is -0.357 e. The van der Waals surface area contributed by atoms with Crippen LogP contribution in [0.4, 0.5) is 11.6 Å². The van der Waals surface area contributed by atoms with E-state index in [2.05, 4.69) is 11.8 Å². The molecule has 0 fully saturated rings. The number of hydrogen-bond donors (Lipinski definition) is 0. The topological polar surface area (TPSA) is 49.3 Å². The molecule has 0 atom stereocenters. The third-order valence-corrected chi connectivity index (χ3v) is 5.22. The van der Waals surface area contributed by atoms with Crippen LogP contribution in [0.25, 0.3) is 11.0 Å². The molecule has 1 aliphatic heterocycles. The van der Waals surface area contributed by atoms with Gasteiger partial charge in [0, 0.05) is 20.1 Å². The summed E-state index contributed by atoms with van der Waals surface area (Å²) in [4.78, 5) is 26.2. The molecule has 6 heteroatoms. The summed E-state index contributed by atoms with van der Waals surface area (Å²) in [5.41, 5.74) is 1.71. The first-order chi connectivity index (χ1) is 11.7. The standard InChI is InChI=1S/C18H24N4OS/c1-3-4-12-24-13-16(23)22-11-7-10-21(2)17-18(22)20-15-9-6-5-8-14(15)19-17/h5-6,8-9H,3-4,7,10-13H2,1-2H3. The predicted molar refractivity (Wildman–Crippen MR) is 102 cm³/mol. The van der Waals surface area contributed by atoms with E-state index in [1.54, 1.807) is 11.8 Å². The molecule has 0 saturated heterocycles. The van der Waals surface area contributed by atoms with Gasteiger partial charge in [0.1, 0.15) is 0 Å². The van der Waals surface area contributed by atoms with E-state index >= 15 is 0 Å². The van der Waals surface area contributed by atoms with Gasteiger partial charge in [-0.1, -0.05) is 25.5 Å². The third kappa shape index (κ3) is 3.64. The van der Waals surface area contributed by atoms with Crippen LogP contribution >= 0.6 is 11.8 Å². The van der Waals surface area contributed by atoms with Crippen LogP contribution in [0.15, 0.2) is 24.3 Å². The summed E-state index contributed by atoms with van der Waals surface area (Å²) in [5, 5.41) is 0. The van der Waals surface area contributed by atoms with Gasteiger partial charge in [0.2, 0.25) is 5.91 Å². The Hall–Kier alpha value is -1.82. The van der Waals surface area contributed by atoms with Crippen molar-refractivity contribution in [3.05, 3.63) is 24.3 Å². The zero-order valence-electron chi connectivity index (χ0n) is 14.4. The highest BCUT2D eigenvalue weighted by Gasteiger charge is 2.26. The minimum absolute atomic E-state index is 0.136. The van der Waals surface area contributed by atoms with Gasteiger partial charge >= 0.3 is 0 Å². The van der Waals surface area contributed by atoms with Crippen LogP contribution in [-0.4, -0.2) is 47.5 Å². The number of unbranched alkanes of at least 4 members (excludes halogenated alkanes) is 1. The van der Waals surface area contributed by atoms with Gasteiger partial charge < -0.3 is 4.90 Å². The van der Waals surface area contributed by atoms with Crippen LogP contribution in [0.3, 0.4) is 0 Å². The van der Waals surface area contributed by atoms with Crippen molar-refractivity contribution >= 4 is 40.3 Å². The van der Waals surface area contributed by atoms with Gasteiger partial charge in [-0.05, 0) is 30.7 Å². The van der Waals surface area contributed by atoms with Gasteiger partial charge in [0.15, 0.2) is 11.6 Å². The maximum atomic E-state index is 12.7. The fourth-order valence-corrected chi connectivity index (χ4v) is 3.79. The van der Waals surface area contributed by atoms with E-state index in [0.717, 1.165) is 48.4 Å². The summed E-state index contributed by atoms with van der Waals surface area (Å²) in [5.74, 6) is 3.19. The Balaban J connectivity index is 1.90. The molecule has 0 aliphatic carbocycles. The molecular weight excluding hydrogens is 320 g/mol. The van der Waals surface area contributed by atoms with Gasteiger partial charge in [-0.2, -0.15) is 11.8 Å². The Kier molecular flexibility index (Phi) is 5.56. The summed E-state index contributed by atoms with van der Waals surface area (Å²) >= 11 is 1.71. The van der Waals surface area contributed by atoms with Crippen molar-refractivity contribution in [1.82, 2.24) is 9.97 Å². The molecule has 0 spiro atoms. The lowest BCUT2D eigenvalue weighted by Crippen LogP contribution is -2.34. The number of fused-ring (bicyclic) bond motifs is 2. The van der Waals surface area contributed by atoms with Crippen molar-refractivity contribution < 1.29 is 4.79 Å². The van der Waals surface area contributed by atoms with Crippen LogP contribution in [0.2, 0.25) is 0 Å². The van der Waals surface area contributed by atoms with E-state index in [9.17, 15) is 4.79 Å². The zero-order chi connectivity index (χ0) is 16.9. The quantitative estimate of drug-likeness (QED) is 0.779. The lowest BCUT2D eigenvalue weighted by atomic mass is 10.3. The normalized spacial score (nSPS) is 14.6. The molecule has 1 amide bonds. The molecule has 0 bridgehead atoms. The zero-order valence-corrected chi connectivity index (χ0v) is 15.2. The smallest absolute Gasteiger partial charge is 0.238 e. The number of carbonyl (C=O) groups is 1. The lowest BCUT2D eigenvalue weighted by molar-refractivity contribution is -0.116. The fourth-order valence-electron chi connectivity index (χ4n) is 2.82. The van der Waals surface area contributed by atoms with Gasteiger partial charge in [-0.15, -0.1) is 0 Å². The fraction of sp³-hybridized carbons (Fsp3) is 0.500. The molecule has 128 valence electrons. The molecular formula is C18H24N4OS. The van der Waals surface area contributed by atoms with E-state index in [4.69, 9.17) is 9.97 Å². The average molecular weight is 344 g/mol. The molecule has 2 heterocycles. The highest BCUT2D eigenvalue weighted by atomic mass is 32.2. The van der Waals surface area contributed by atoms with Crippen LogP contribution in [-0.2, 0) is 4.79 Å². The molecule has 24 heavy (non-hydrogen) atoms. The number of thioether (sulfide) groups is 1. The molecule has 2 aromatic rings. The number of benzene rings is 1. The van der Waals surface area contributed by atoms with Crippen LogP contribution in [0.5, 0.6) is 0 Å². The summed E-state index contributed by atoms with van der Waals surface area (Å²) < 4.78 is 0. The molecule has 3 rings (SSSR count). The van der Waals surface area contributed by atoms with Crippen molar-refractivity contribution in [3.8, 4) is 0 Å². The Morgan fingerprint density at radius 2 is 1.88 bits per heavy atom. The molecule has 0 saturated carbocycles.